The fourth-order valence-corrected chi connectivity index (χ4v) is 2.85. The second kappa shape index (κ2) is 6.80. The number of fused-ring (bicyclic) bond motifs is 1. The van der Waals surface area contributed by atoms with E-state index in [1.807, 2.05) is 24.3 Å². The van der Waals surface area contributed by atoms with Crippen molar-refractivity contribution in [1.29, 1.82) is 0 Å². The first-order valence-electron chi connectivity index (χ1n) is 8.14. The van der Waals surface area contributed by atoms with Crippen LogP contribution in [0.15, 0.2) is 51.6 Å². The fraction of sp³-hybridized carbons (Fsp3) is 0.278. The molecule has 0 radical (unpaired) electrons. The molecule has 128 valence electrons. The van der Waals surface area contributed by atoms with Gasteiger partial charge in [0.1, 0.15) is 5.75 Å². The summed E-state index contributed by atoms with van der Waals surface area (Å²) in [7, 11) is 0. The summed E-state index contributed by atoms with van der Waals surface area (Å²) in [5.74, 6) is 1.89. The highest BCUT2D eigenvalue weighted by Crippen LogP contribution is 2.26. The van der Waals surface area contributed by atoms with Gasteiger partial charge in [-0.1, -0.05) is 23.4 Å². The van der Waals surface area contributed by atoms with E-state index in [9.17, 15) is 4.79 Å². The number of hydrogen-bond acceptors (Lipinski definition) is 6. The largest absolute Gasteiger partial charge is 0.493 e. The van der Waals surface area contributed by atoms with Gasteiger partial charge in [-0.15, -0.1) is 0 Å². The van der Waals surface area contributed by atoms with Gasteiger partial charge in [0.25, 0.3) is 5.89 Å². The van der Waals surface area contributed by atoms with E-state index in [-0.39, 0.29) is 18.4 Å². The molecule has 1 N–H and O–H groups in total. The van der Waals surface area contributed by atoms with E-state index in [1.165, 1.54) is 6.26 Å². The molecule has 0 saturated heterocycles. The maximum Gasteiger partial charge on any atom is 0.293 e. The zero-order valence-corrected chi connectivity index (χ0v) is 13.5. The van der Waals surface area contributed by atoms with Gasteiger partial charge >= 0.3 is 0 Å². The summed E-state index contributed by atoms with van der Waals surface area (Å²) in [4.78, 5) is 16.7. The van der Waals surface area contributed by atoms with Crippen LogP contribution in [-0.4, -0.2) is 22.7 Å². The van der Waals surface area contributed by atoms with Gasteiger partial charge in [-0.2, -0.15) is 4.98 Å². The number of amides is 1. The SMILES string of the molecule is O=C(NCc1noc(-c2ccco2)n1)[C@@H]1CCOc2ccccc2C1. The molecule has 1 atom stereocenters. The number of ether oxygens (including phenoxy) is 1. The second-order valence-electron chi connectivity index (χ2n) is 5.86. The third-order valence-electron chi connectivity index (χ3n) is 4.15. The first-order valence-corrected chi connectivity index (χ1v) is 8.14. The summed E-state index contributed by atoms with van der Waals surface area (Å²) in [5.41, 5.74) is 1.06. The molecule has 1 aliphatic rings. The van der Waals surface area contributed by atoms with Crippen molar-refractivity contribution >= 4 is 5.91 Å². The quantitative estimate of drug-likeness (QED) is 0.786. The number of rotatable bonds is 4. The van der Waals surface area contributed by atoms with Gasteiger partial charge in [-0.3, -0.25) is 4.79 Å². The van der Waals surface area contributed by atoms with E-state index in [4.69, 9.17) is 13.7 Å². The van der Waals surface area contributed by atoms with Crippen molar-refractivity contribution in [3.8, 4) is 17.4 Å². The third-order valence-corrected chi connectivity index (χ3v) is 4.15. The van der Waals surface area contributed by atoms with E-state index < -0.39 is 0 Å². The topological polar surface area (TPSA) is 90.4 Å². The number of benzene rings is 1. The molecule has 1 amide bonds. The summed E-state index contributed by atoms with van der Waals surface area (Å²) in [6.45, 7) is 0.738. The number of aromatic nitrogens is 2. The Hall–Kier alpha value is -3.09. The Bertz CT molecular complexity index is 857. The van der Waals surface area contributed by atoms with Crippen LogP contribution < -0.4 is 10.1 Å². The molecule has 0 fully saturated rings. The molecule has 2 aromatic heterocycles. The fourth-order valence-electron chi connectivity index (χ4n) is 2.85. The van der Waals surface area contributed by atoms with Crippen LogP contribution in [0, 0.1) is 5.92 Å². The predicted molar refractivity (Wildman–Crippen MR) is 87.6 cm³/mol. The summed E-state index contributed by atoms with van der Waals surface area (Å²) in [6.07, 6.45) is 2.86. The Balaban J connectivity index is 1.38. The second-order valence-corrected chi connectivity index (χ2v) is 5.86. The molecular formula is C18H17N3O4. The molecule has 25 heavy (non-hydrogen) atoms. The Morgan fingerprint density at radius 1 is 1.24 bits per heavy atom. The minimum absolute atomic E-state index is 0.0374. The summed E-state index contributed by atoms with van der Waals surface area (Å²) in [5, 5.41) is 6.73. The molecule has 3 heterocycles. The maximum absolute atomic E-state index is 12.5. The average Bonchev–Trinajstić information content (AvgIpc) is 3.27. The Morgan fingerprint density at radius 2 is 2.16 bits per heavy atom. The van der Waals surface area contributed by atoms with Crippen LogP contribution in [0.1, 0.15) is 17.8 Å². The lowest BCUT2D eigenvalue weighted by Crippen LogP contribution is -2.32. The number of furan rings is 1. The minimum Gasteiger partial charge on any atom is -0.493 e. The normalized spacial score (nSPS) is 16.6. The number of carbonyl (C=O) groups excluding carboxylic acids is 1. The average molecular weight is 339 g/mol. The van der Waals surface area contributed by atoms with Gasteiger partial charge in [-0.25, -0.2) is 0 Å². The first-order chi connectivity index (χ1) is 12.3. The molecule has 1 aromatic carbocycles. The van der Waals surface area contributed by atoms with Crippen LogP contribution in [0.25, 0.3) is 11.7 Å². The number of nitrogens with one attached hydrogen (secondary N) is 1. The molecule has 3 aromatic rings. The predicted octanol–water partition coefficient (Wildman–Crippen LogP) is 2.59. The molecule has 1 aliphatic heterocycles. The summed E-state index contributed by atoms with van der Waals surface area (Å²) < 4.78 is 16.0. The lowest BCUT2D eigenvalue weighted by Gasteiger charge is -2.12. The summed E-state index contributed by atoms with van der Waals surface area (Å²) >= 11 is 0. The molecule has 0 bridgehead atoms. The molecular weight excluding hydrogens is 322 g/mol. The van der Waals surface area contributed by atoms with E-state index in [0.29, 0.717) is 36.9 Å². The highest BCUT2D eigenvalue weighted by molar-refractivity contribution is 5.79. The van der Waals surface area contributed by atoms with Crippen molar-refractivity contribution in [2.45, 2.75) is 19.4 Å². The Morgan fingerprint density at radius 3 is 3.04 bits per heavy atom. The monoisotopic (exact) mass is 339 g/mol. The smallest absolute Gasteiger partial charge is 0.293 e. The van der Waals surface area contributed by atoms with Crippen LogP contribution in [-0.2, 0) is 17.8 Å². The van der Waals surface area contributed by atoms with Crippen molar-refractivity contribution < 1.29 is 18.5 Å². The van der Waals surface area contributed by atoms with Gasteiger partial charge < -0.3 is 19.0 Å². The molecule has 4 rings (SSSR count). The highest BCUT2D eigenvalue weighted by Gasteiger charge is 2.24. The van der Waals surface area contributed by atoms with Crippen LogP contribution in [0.3, 0.4) is 0 Å². The van der Waals surface area contributed by atoms with Crippen LogP contribution in [0.5, 0.6) is 5.75 Å². The van der Waals surface area contributed by atoms with Crippen molar-refractivity contribution in [3.63, 3.8) is 0 Å². The van der Waals surface area contributed by atoms with E-state index in [0.717, 1.165) is 11.3 Å². The van der Waals surface area contributed by atoms with Crippen LogP contribution >= 0.6 is 0 Å². The number of carbonyl (C=O) groups is 1. The van der Waals surface area contributed by atoms with Crippen molar-refractivity contribution in [2.75, 3.05) is 6.61 Å². The van der Waals surface area contributed by atoms with Crippen LogP contribution in [0.2, 0.25) is 0 Å². The minimum atomic E-state index is -0.139. The Kier molecular flexibility index (Phi) is 4.20. The third kappa shape index (κ3) is 3.40. The zero-order valence-electron chi connectivity index (χ0n) is 13.5. The van der Waals surface area contributed by atoms with Gasteiger partial charge in [0.15, 0.2) is 11.6 Å². The lowest BCUT2D eigenvalue weighted by molar-refractivity contribution is -0.125. The number of hydrogen-bond donors (Lipinski definition) is 1. The van der Waals surface area contributed by atoms with E-state index >= 15 is 0 Å². The van der Waals surface area contributed by atoms with Crippen molar-refractivity contribution in [1.82, 2.24) is 15.5 Å². The van der Waals surface area contributed by atoms with Crippen LogP contribution in [0.4, 0.5) is 0 Å². The number of para-hydroxylation sites is 1. The molecule has 0 saturated carbocycles. The zero-order chi connectivity index (χ0) is 17.1. The Labute approximate surface area is 144 Å². The van der Waals surface area contributed by atoms with E-state index in [1.54, 1.807) is 12.1 Å². The van der Waals surface area contributed by atoms with Crippen molar-refractivity contribution in [3.05, 3.63) is 54.0 Å². The van der Waals surface area contributed by atoms with Gasteiger partial charge in [0.05, 0.1) is 19.4 Å². The first kappa shape index (κ1) is 15.4. The standard InChI is InChI=1S/C18H17N3O4/c22-17(13-7-9-24-14-5-2-1-4-12(14)10-13)19-11-16-20-18(25-21-16)15-6-3-8-23-15/h1-6,8,13H,7,9-11H2,(H,19,22)/t13-/m1/s1. The lowest BCUT2D eigenvalue weighted by atomic mass is 9.96. The van der Waals surface area contributed by atoms with Gasteiger partial charge in [-0.05, 0) is 36.6 Å². The van der Waals surface area contributed by atoms with E-state index in [2.05, 4.69) is 15.5 Å². The molecule has 0 spiro atoms. The number of nitrogens with zero attached hydrogens (tertiary/aromatic N) is 2. The molecule has 7 nitrogen and oxygen atoms in total. The maximum atomic E-state index is 12.5. The highest BCUT2D eigenvalue weighted by atomic mass is 16.5. The summed E-state index contributed by atoms with van der Waals surface area (Å²) in [6, 6.07) is 11.3. The van der Waals surface area contributed by atoms with Crippen molar-refractivity contribution in [2.24, 2.45) is 5.92 Å². The molecule has 0 unspecified atom stereocenters. The molecule has 7 heteroatoms. The van der Waals surface area contributed by atoms with Gasteiger partial charge in [0, 0.05) is 5.92 Å². The van der Waals surface area contributed by atoms with Gasteiger partial charge in [0.2, 0.25) is 5.91 Å². The molecule has 0 aliphatic carbocycles.